The Morgan fingerprint density at radius 2 is 1.95 bits per heavy atom. The highest BCUT2D eigenvalue weighted by molar-refractivity contribution is 5.72. The summed E-state index contributed by atoms with van der Waals surface area (Å²) in [7, 11) is 1.43. The maximum atomic E-state index is 11.4. The summed E-state index contributed by atoms with van der Waals surface area (Å²) in [6.07, 6.45) is 2.99. The molecule has 0 amide bonds. The largest absolute Gasteiger partial charge is 0.469 e. The van der Waals surface area contributed by atoms with E-state index in [9.17, 15) is 4.79 Å². The number of benzene rings is 1. The number of hydrogen-bond donors (Lipinski definition) is 1. The number of methoxy groups -OCH3 is 1. The number of rotatable bonds is 6. The van der Waals surface area contributed by atoms with Crippen LogP contribution in [-0.2, 0) is 22.5 Å². The molecule has 1 N–H and O–H groups in total. The lowest BCUT2D eigenvalue weighted by atomic mass is 9.97. The molecule has 0 unspecified atom stereocenters. The molecule has 0 spiro atoms. The van der Waals surface area contributed by atoms with Crippen LogP contribution in [0.25, 0.3) is 0 Å². The molecule has 1 aromatic rings. The monoisotopic (exact) mass is 261 g/mol. The van der Waals surface area contributed by atoms with E-state index in [0.717, 1.165) is 18.0 Å². The van der Waals surface area contributed by atoms with E-state index < -0.39 is 0 Å². The molecule has 0 aromatic heterocycles. The topological polar surface area (TPSA) is 38.3 Å². The highest BCUT2D eigenvalue weighted by Crippen LogP contribution is 2.39. The van der Waals surface area contributed by atoms with E-state index in [-0.39, 0.29) is 11.5 Å². The summed E-state index contributed by atoms with van der Waals surface area (Å²) in [6.45, 7) is 5.32. The summed E-state index contributed by atoms with van der Waals surface area (Å²) in [4.78, 5) is 11.4. The molecule has 3 nitrogen and oxygen atoms in total. The fourth-order valence-corrected chi connectivity index (χ4v) is 2.40. The smallest absolute Gasteiger partial charge is 0.309 e. The SMILES string of the molecule is COC(=O)Cc1ccccc1CNC(C)(C)C1CC1. The number of hydrogen-bond acceptors (Lipinski definition) is 3. The zero-order chi connectivity index (χ0) is 13.9. The van der Waals surface area contributed by atoms with Crippen molar-refractivity contribution in [2.75, 3.05) is 7.11 Å². The summed E-state index contributed by atoms with van der Waals surface area (Å²) >= 11 is 0. The van der Waals surface area contributed by atoms with E-state index in [1.54, 1.807) is 0 Å². The van der Waals surface area contributed by atoms with Gasteiger partial charge in [0.2, 0.25) is 0 Å². The molecule has 1 aliphatic carbocycles. The third-order valence-corrected chi connectivity index (χ3v) is 4.01. The molecule has 1 fully saturated rings. The van der Waals surface area contributed by atoms with Crippen LogP contribution < -0.4 is 5.32 Å². The Labute approximate surface area is 115 Å². The van der Waals surface area contributed by atoms with Gasteiger partial charge in [-0.2, -0.15) is 0 Å². The van der Waals surface area contributed by atoms with Crippen LogP contribution in [-0.4, -0.2) is 18.6 Å². The third kappa shape index (κ3) is 3.80. The molecule has 1 aromatic carbocycles. The van der Waals surface area contributed by atoms with E-state index in [1.807, 2.05) is 18.2 Å². The summed E-state index contributed by atoms with van der Waals surface area (Å²) in [5.41, 5.74) is 2.41. The van der Waals surface area contributed by atoms with Gasteiger partial charge in [-0.1, -0.05) is 24.3 Å². The van der Waals surface area contributed by atoms with Gasteiger partial charge >= 0.3 is 5.97 Å². The molecule has 0 aliphatic heterocycles. The van der Waals surface area contributed by atoms with Gasteiger partial charge < -0.3 is 10.1 Å². The summed E-state index contributed by atoms with van der Waals surface area (Å²) < 4.78 is 4.74. The second kappa shape index (κ2) is 5.74. The number of carbonyl (C=O) groups is 1. The maximum Gasteiger partial charge on any atom is 0.309 e. The lowest BCUT2D eigenvalue weighted by Gasteiger charge is -2.27. The van der Waals surface area contributed by atoms with Crippen LogP contribution in [0.3, 0.4) is 0 Å². The van der Waals surface area contributed by atoms with Crippen LogP contribution in [0.15, 0.2) is 24.3 Å². The minimum absolute atomic E-state index is 0.179. The Morgan fingerprint density at radius 1 is 1.32 bits per heavy atom. The first-order valence-corrected chi connectivity index (χ1v) is 6.91. The van der Waals surface area contributed by atoms with Crippen molar-refractivity contribution < 1.29 is 9.53 Å². The Kier molecular flexibility index (Phi) is 4.25. The van der Waals surface area contributed by atoms with Crippen molar-refractivity contribution in [3.05, 3.63) is 35.4 Å². The number of nitrogens with one attached hydrogen (secondary N) is 1. The molecule has 0 heterocycles. The lowest BCUT2D eigenvalue weighted by molar-refractivity contribution is -0.139. The zero-order valence-electron chi connectivity index (χ0n) is 12.0. The average molecular weight is 261 g/mol. The van der Waals surface area contributed by atoms with Crippen LogP contribution in [0.1, 0.15) is 37.8 Å². The number of ether oxygens (including phenoxy) is 1. The Hall–Kier alpha value is -1.35. The maximum absolute atomic E-state index is 11.4. The standard InChI is InChI=1S/C16H23NO2/c1-16(2,14-8-9-14)17-11-13-7-5-4-6-12(13)10-15(18)19-3/h4-7,14,17H,8-11H2,1-3H3. The molecule has 1 aliphatic rings. The molecular weight excluding hydrogens is 238 g/mol. The Morgan fingerprint density at radius 3 is 2.53 bits per heavy atom. The fourth-order valence-electron chi connectivity index (χ4n) is 2.40. The normalized spacial score (nSPS) is 15.3. The van der Waals surface area contributed by atoms with Gasteiger partial charge in [-0.3, -0.25) is 4.79 Å². The van der Waals surface area contributed by atoms with Gasteiger partial charge in [0.05, 0.1) is 13.5 Å². The Bertz CT molecular complexity index is 450. The van der Waals surface area contributed by atoms with Crippen LogP contribution in [0.2, 0.25) is 0 Å². The van der Waals surface area contributed by atoms with Crippen molar-refractivity contribution in [3.63, 3.8) is 0 Å². The van der Waals surface area contributed by atoms with Crippen molar-refractivity contribution >= 4 is 5.97 Å². The van der Waals surface area contributed by atoms with Crippen molar-refractivity contribution in [2.24, 2.45) is 5.92 Å². The van der Waals surface area contributed by atoms with Gasteiger partial charge in [0.25, 0.3) is 0 Å². The van der Waals surface area contributed by atoms with Crippen molar-refractivity contribution in [1.82, 2.24) is 5.32 Å². The quantitative estimate of drug-likeness (QED) is 0.800. The van der Waals surface area contributed by atoms with E-state index in [0.29, 0.717) is 6.42 Å². The van der Waals surface area contributed by atoms with Crippen LogP contribution in [0.5, 0.6) is 0 Å². The van der Waals surface area contributed by atoms with Gasteiger partial charge in [-0.25, -0.2) is 0 Å². The molecule has 1 saturated carbocycles. The van der Waals surface area contributed by atoms with Crippen LogP contribution in [0.4, 0.5) is 0 Å². The highest BCUT2D eigenvalue weighted by Gasteiger charge is 2.37. The first-order chi connectivity index (χ1) is 9.03. The first-order valence-electron chi connectivity index (χ1n) is 6.91. The number of carbonyl (C=O) groups excluding carboxylic acids is 1. The van der Waals surface area contributed by atoms with Crippen molar-refractivity contribution in [3.8, 4) is 0 Å². The zero-order valence-corrected chi connectivity index (χ0v) is 12.0. The van der Waals surface area contributed by atoms with Crippen LogP contribution in [0, 0.1) is 5.92 Å². The van der Waals surface area contributed by atoms with Gasteiger partial charge in [0.1, 0.15) is 0 Å². The predicted octanol–water partition coefficient (Wildman–Crippen LogP) is 2.68. The van der Waals surface area contributed by atoms with Gasteiger partial charge in [0, 0.05) is 12.1 Å². The van der Waals surface area contributed by atoms with E-state index >= 15 is 0 Å². The molecule has 19 heavy (non-hydrogen) atoms. The highest BCUT2D eigenvalue weighted by atomic mass is 16.5. The third-order valence-electron chi connectivity index (χ3n) is 4.01. The van der Waals surface area contributed by atoms with E-state index in [4.69, 9.17) is 4.74 Å². The molecule has 104 valence electrons. The fraction of sp³-hybridized carbons (Fsp3) is 0.562. The molecule has 2 rings (SSSR count). The Balaban J connectivity index is 2.01. The second-order valence-corrected chi connectivity index (χ2v) is 5.87. The summed E-state index contributed by atoms with van der Waals surface area (Å²) in [5.74, 6) is 0.606. The summed E-state index contributed by atoms with van der Waals surface area (Å²) in [6, 6.07) is 8.06. The van der Waals surface area contributed by atoms with Gasteiger partial charge in [-0.05, 0) is 43.7 Å². The molecule has 0 atom stereocenters. The first kappa shape index (κ1) is 14.1. The lowest BCUT2D eigenvalue weighted by Crippen LogP contribution is -2.41. The van der Waals surface area contributed by atoms with Gasteiger partial charge in [-0.15, -0.1) is 0 Å². The molecule has 0 bridgehead atoms. The molecule has 3 heteroatoms. The second-order valence-electron chi connectivity index (χ2n) is 5.87. The molecule has 0 saturated heterocycles. The van der Waals surface area contributed by atoms with Gasteiger partial charge in [0.15, 0.2) is 0 Å². The van der Waals surface area contributed by atoms with E-state index in [1.165, 1.54) is 25.5 Å². The predicted molar refractivity (Wildman–Crippen MR) is 75.8 cm³/mol. The molecular formula is C16H23NO2. The molecule has 0 radical (unpaired) electrons. The van der Waals surface area contributed by atoms with Crippen molar-refractivity contribution in [1.29, 1.82) is 0 Å². The average Bonchev–Trinajstić information content (AvgIpc) is 3.22. The van der Waals surface area contributed by atoms with E-state index in [2.05, 4.69) is 25.2 Å². The number of esters is 1. The minimum Gasteiger partial charge on any atom is -0.469 e. The van der Waals surface area contributed by atoms with Crippen molar-refractivity contribution in [2.45, 2.75) is 45.2 Å². The minimum atomic E-state index is -0.186. The van der Waals surface area contributed by atoms with Crippen LogP contribution >= 0.6 is 0 Å². The summed E-state index contributed by atoms with van der Waals surface area (Å²) in [5, 5.41) is 3.62.